The van der Waals surface area contributed by atoms with E-state index in [4.69, 9.17) is 16.3 Å². The molecule has 0 fully saturated rings. The van der Waals surface area contributed by atoms with Crippen LogP contribution < -0.4 is 10.9 Å². The average molecular weight is 378 g/mol. The number of carbonyl (C=O) groups excluding carboxylic acids is 2. The third-order valence-corrected chi connectivity index (χ3v) is 3.91. The van der Waals surface area contributed by atoms with Crippen molar-refractivity contribution in [2.45, 2.75) is 39.3 Å². The summed E-state index contributed by atoms with van der Waals surface area (Å²) in [6.45, 7) is 3.85. The zero-order valence-electron chi connectivity index (χ0n) is 14.6. The predicted molar refractivity (Wildman–Crippen MR) is 98.4 cm³/mol. The molecule has 0 aliphatic carbocycles. The summed E-state index contributed by atoms with van der Waals surface area (Å²) in [7, 11) is 0. The number of aryl methyl sites for hydroxylation is 1. The third kappa shape index (κ3) is 5.16. The summed E-state index contributed by atoms with van der Waals surface area (Å²) >= 11 is 5.98. The van der Waals surface area contributed by atoms with Gasteiger partial charge >= 0.3 is 5.97 Å². The molecule has 1 unspecified atom stereocenters. The summed E-state index contributed by atoms with van der Waals surface area (Å²) in [5.74, 6) is -1.30. The highest BCUT2D eigenvalue weighted by Crippen LogP contribution is 2.20. The van der Waals surface area contributed by atoms with Crippen molar-refractivity contribution in [3.8, 4) is 0 Å². The molecule has 1 N–H and O–H groups in total. The zero-order chi connectivity index (χ0) is 19.1. The molecule has 2 aromatic rings. The van der Waals surface area contributed by atoms with Gasteiger partial charge in [-0.05, 0) is 31.5 Å². The highest BCUT2D eigenvalue weighted by atomic mass is 35.5. The first-order valence-corrected chi connectivity index (χ1v) is 8.64. The largest absolute Gasteiger partial charge is 0.448 e. The smallest absolute Gasteiger partial charge is 0.359 e. The molecule has 0 aliphatic heterocycles. The molecule has 0 radical (unpaired) electrons. The van der Waals surface area contributed by atoms with Gasteiger partial charge in [0.15, 0.2) is 11.8 Å². The van der Waals surface area contributed by atoms with Crippen LogP contribution in [0.15, 0.2) is 41.2 Å². The van der Waals surface area contributed by atoms with Crippen molar-refractivity contribution in [3.63, 3.8) is 0 Å². The van der Waals surface area contributed by atoms with Gasteiger partial charge in [0.1, 0.15) is 0 Å². The van der Waals surface area contributed by atoms with Crippen molar-refractivity contribution in [2.24, 2.45) is 0 Å². The van der Waals surface area contributed by atoms with E-state index in [9.17, 15) is 14.4 Å². The van der Waals surface area contributed by atoms with Gasteiger partial charge in [0.2, 0.25) is 0 Å². The van der Waals surface area contributed by atoms with E-state index in [1.807, 2.05) is 6.92 Å². The lowest BCUT2D eigenvalue weighted by atomic mass is 10.3. The highest BCUT2D eigenvalue weighted by Gasteiger charge is 2.21. The van der Waals surface area contributed by atoms with Gasteiger partial charge in [0.25, 0.3) is 11.5 Å². The van der Waals surface area contributed by atoms with Crippen molar-refractivity contribution < 1.29 is 14.3 Å². The topological polar surface area (TPSA) is 90.3 Å². The number of carbonyl (C=O) groups is 2. The Morgan fingerprint density at radius 3 is 2.69 bits per heavy atom. The first kappa shape index (κ1) is 19.7. The van der Waals surface area contributed by atoms with Crippen LogP contribution in [0.25, 0.3) is 0 Å². The first-order chi connectivity index (χ1) is 12.4. The number of ether oxygens (including phenoxy) is 1. The Bertz CT molecular complexity index is 850. The quantitative estimate of drug-likeness (QED) is 0.749. The number of amides is 1. The van der Waals surface area contributed by atoms with Crippen molar-refractivity contribution in [1.29, 1.82) is 0 Å². The number of nitrogens with zero attached hydrogens (tertiary/aromatic N) is 2. The van der Waals surface area contributed by atoms with Crippen LogP contribution in [0.2, 0.25) is 5.02 Å². The summed E-state index contributed by atoms with van der Waals surface area (Å²) in [5, 5.41) is 6.97. The molecule has 0 spiro atoms. The van der Waals surface area contributed by atoms with E-state index in [2.05, 4.69) is 10.4 Å². The summed E-state index contributed by atoms with van der Waals surface area (Å²) in [6, 6.07) is 9.28. The molecule has 1 aromatic carbocycles. The Hall–Kier alpha value is -2.67. The first-order valence-electron chi connectivity index (χ1n) is 8.27. The molecule has 2 rings (SSSR count). The van der Waals surface area contributed by atoms with Crippen molar-refractivity contribution in [3.05, 3.63) is 57.5 Å². The van der Waals surface area contributed by atoms with Crippen molar-refractivity contribution in [1.82, 2.24) is 9.78 Å². The van der Waals surface area contributed by atoms with Gasteiger partial charge in [-0.3, -0.25) is 9.59 Å². The molecule has 8 heteroatoms. The Morgan fingerprint density at radius 2 is 2.00 bits per heavy atom. The Labute approximate surface area is 155 Å². The van der Waals surface area contributed by atoms with Crippen LogP contribution >= 0.6 is 11.6 Å². The van der Waals surface area contributed by atoms with E-state index in [1.54, 1.807) is 24.3 Å². The Morgan fingerprint density at radius 1 is 1.27 bits per heavy atom. The number of benzene rings is 1. The fraction of sp³-hybridized carbons (Fsp3) is 0.333. The number of halogens is 1. The second-order valence-electron chi connectivity index (χ2n) is 5.65. The van der Waals surface area contributed by atoms with Crippen molar-refractivity contribution >= 4 is 29.2 Å². The molecule has 0 saturated carbocycles. The van der Waals surface area contributed by atoms with Crippen LogP contribution in [0.1, 0.15) is 37.2 Å². The van der Waals surface area contributed by atoms with E-state index in [0.29, 0.717) is 17.3 Å². The maximum absolute atomic E-state index is 12.2. The molecular formula is C18H20ClN3O4. The molecule has 1 heterocycles. The van der Waals surface area contributed by atoms with E-state index in [0.717, 1.165) is 12.8 Å². The number of rotatable bonds is 7. The number of hydrogen-bond donors (Lipinski definition) is 1. The maximum Gasteiger partial charge on any atom is 0.359 e. The maximum atomic E-state index is 12.2. The molecule has 26 heavy (non-hydrogen) atoms. The number of unbranched alkanes of at least 4 members (excludes halogenated alkanes) is 1. The normalized spacial score (nSPS) is 11.7. The fourth-order valence-electron chi connectivity index (χ4n) is 2.10. The third-order valence-electron chi connectivity index (χ3n) is 3.58. The van der Waals surface area contributed by atoms with Crippen LogP contribution in [0.3, 0.4) is 0 Å². The van der Waals surface area contributed by atoms with Crippen LogP contribution in [0.5, 0.6) is 0 Å². The number of aromatic nitrogens is 2. The molecule has 1 aromatic heterocycles. The Balaban J connectivity index is 2.03. The molecule has 138 valence electrons. The minimum Gasteiger partial charge on any atom is -0.448 e. The van der Waals surface area contributed by atoms with Gasteiger partial charge in [-0.1, -0.05) is 37.1 Å². The molecule has 1 atom stereocenters. The van der Waals surface area contributed by atoms with Crippen molar-refractivity contribution in [2.75, 3.05) is 5.32 Å². The molecule has 0 bridgehead atoms. The van der Waals surface area contributed by atoms with Crippen LogP contribution in [-0.2, 0) is 16.1 Å². The summed E-state index contributed by atoms with van der Waals surface area (Å²) in [5.41, 5.74) is 0.103. The van der Waals surface area contributed by atoms with E-state index < -0.39 is 18.0 Å². The lowest BCUT2D eigenvalue weighted by molar-refractivity contribution is -0.123. The number of para-hydroxylation sites is 1. The second-order valence-corrected chi connectivity index (χ2v) is 6.06. The molecule has 1 amide bonds. The van der Waals surface area contributed by atoms with Gasteiger partial charge in [0, 0.05) is 12.6 Å². The van der Waals surface area contributed by atoms with Gasteiger partial charge in [-0.25, -0.2) is 9.48 Å². The average Bonchev–Trinajstić information content (AvgIpc) is 2.62. The number of esters is 1. The number of nitrogens with one attached hydrogen (secondary N) is 1. The van der Waals surface area contributed by atoms with Gasteiger partial charge < -0.3 is 10.1 Å². The van der Waals surface area contributed by atoms with E-state index in [1.165, 1.54) is 23.7 Å². The van der Waals surface area contributed by atoms with E-state index >= 15 is 0 Å². The van der Waals surface area contributed by atoms with Gasteiger partial charge in [-0.15, -0.1) is 0 Å². The van der Waals surface area contributed by atoms with E-state index in [-0.39, 0.29) is 11.3 Å². The molecule has 0 aliphatic rings. The monoisotopic (exact) mass is 377 g/mol. The highest BCUT2D eigenvalue weighted by molar-refractivity contribution is 6.33. The number of anilines is 1. The second kappa shape index (κ2) is 9.15. The summed E-state index contributed by atoms with van der Waals surface area (Å²) in [6.07, 6.45) is 0.598. The lowest BCUT2D eigenvalue weighted by Gasteiger charge is -2.14. The number of hydrogen-bond acceptors (Lipinski definition) is 5. The van der Waals surface area contributed by atoms with Gasteiger partial charge in [-0.2, -0.15) is 5.10 Å². The Kier molecular flexibility index (Phi) is 6.91. The van der Waals surface area contributed by atoms with Crippen LogP contribution in [-0.4, -0.2) is 27.8 Å². The SMILES string of the molecule is CCCCn1nc(C(=O)OC(C)C(=O)Nc2ccccc2Cl)ccc1=O. The summed E-state index contributed by atoms with van der Waals surface area (Å²) in [4.78, 5) is 36.1. The zero-order valence-corrected chi connectivity index (χ0v) is 15.3. The molecule has 0 saturated heterocycles. The minimum absolute atomic E-state index is 0.0295. The lowest BCUT2D eigenvalue weighted by Crippen LogP contribution is -2.31. The minimum atomic E-state index is -1.06. The summed E-state index contributed by atoms with van der Waals surface area (Å²) < 4.78 is 6.35. The van der Waals surface area contributed by atoms with Crippen LogP contribution in [0, 0.1) is 0 Å². The predicted octanol–water partition coefficient (Wildman–Crippen LogP) is 2.88. The standard InChI is InChI=1S/C18H20ClN3O4/c1-3-4-11-22-16(23)10-9-15(21-22)18(25)26-12(2)17(24)20-14-8-6-5-7-13(14)19/h5-10,12H,3-4,11H2,1-2H3,(H,20,24). The molecule has 7 nitrogen and oxygen atoms in total. The molecular weight excluding hydrogens is 358 g/mol. The van der Waals surface area contributed by atoms with Gasteiger partial charge in [0.05, 0.1) is 10.7 Å². The van der Waals surface area contributed by atoms with Crippen LogP contribution in [0.4, 0.5) is 5.69 Å². The fourth-order valence-corrected chi connectivity index (χ4v) is 2.28.